The van der Waals surface area contributed by atoms with Gasteiger partial charge in [0.2, 0.25) is 0 Å². The third-order valence-electron chi connectivity index (χ3n) is 4.20. The van der Waals surface area contributed by atoms with Gasteiger partial charge in [-0.05, 0) is 50.1 Å². The first kappa shape index (κ1) is 22.4. The smallest absolute Gasteiger partial charge is 0.262 e. The largest absolute Gasteiger partial charge is 0.493 e. The molecule has 0 bridgehead atoms. The van der Waals surface area contributed by atoms with E-state index >= 15 is 0 Å². The van der Waals surface area contributed by atoms with Gasteiger partial charge in [0, 0.05) is 16.1 Å². The lowest BCUT2D eigenvalue weighted by molar-refractivity contribution is -0.123. The summed E-state index contributed by atoms with van der Waals surface area (Å²) >= 11 is 6.02. The van der Waals surface area contributed by atoms with Crippen molar-refractivity contribution in [3.8, 4) is 5.75 Å². The quantitative estimate of drug-likeness (QED) is 0.506. The first-order chi connectivity index (χ1) is 13.8. The number of rotatable bonds is 8. The molecule has 0 fully saturated rings. The monoisotopic (exact) mass is 415 g/mol. The van der Waals surface area contributed by atoms with E-state index in [0.29, 0.717) is 28.5 Å². The number of hydrazone groups is 1. The molecule has 29 heavy (non-hydrogen) atoms. The number of carbonyl (C=O) groups is 2. The minimum absolute atomic E-state index is 0.121. The molecule has 0 radical (unpaired) electrons. The highest BCUT2D eigenvalue weighted by Gasteiger charge is 2.24. The Morgan fingerprint density at radius 2 is 1.86 bits per heavy atom. The van der Waals surface area contributed by atoms with Gasteiger partial charge in [-0.15, -0.1) is 0 Å². The summed E-state index contributed by atoms with van der Waals surface area (Å²) < 4.78 is 5.53. The molecule has 0 saturated carbocycles. The Hall–Kier alpha value is -2.86. The molecule has 0 aliphatic rings. The lowest BCUT2D eigenvalue weighted by Gasteiger charge is -2.20. The van der Waals surface area contributed by atoms with Crippen LogP contribution in [0.1, 0.15) is 42.3 Å². The van der Waals surface area contributed by atoms with Crippen molar-refractivity contribution in [3.05, 3.63) is 64.2 Å². The van der Waals surface area contributed by atoms with Gasteiger partial charge in [-0.3, -0.25) is 9.59 Å². The third kappa shape index (κ3) is 6.61. The van der Waals surface area contributed by atoms with Crippen molar-refractivity contribution in [1.82, 2.24) is 10.7 Å². The molecule has 0 aliphatic heterocycles. The molecule has 6 nitrogen and oxygen atoms in total. The maximum atomic E-state index is 12.6. The summed E-state index contributed by atoms with van der Waals surface area (Å²) in [7, 11) is 0. The van der Waals surface area contributed by atoms with Crippen molar-refractivity contribution in [2.45, 2.75) is 33.7 Å². The minimum Gasteiger partial charge on any atom is -0.493 e. The lowest BCUT2D eigenvalue weighted by Crippen LogP contribution is -2.48. The van der Waals surface area contributed by atoms with Crippen LogP contribution in [0.4, 0.5) is 0 Å². The molecule has 0 saturated heterocycles. The number of amides is 2. The molecular weight excluding hydrogens is 390 g/mol. The summed E-state index contributed by atoms with van der Waals surface area (Å²) in [5.41, 5.74) is 4.68. The molecule has 2 rings (SSSR count). The molecular formula is C22H26ClN3O3. The molecule has 2 aromatic carbocycles. The Labute approximate surface area is 176 Å². The molecule has 154 valence electrons. The second kappa shape index (κ2) is 10.6. The number of aryl methyl sites for hydroxylation is 1. The van der Waals surface area contributed by atoms with Gasteiger partial charge in [0.1, 0.15) is 11.8 Å². The van der Waals surface area contributed by atoms with Crippen LogP contribution in [0.15, 0.2) is 47.6 Å². The van der Waals surface area contributed by atoms with Crippen molar-refractivity contribution in [3.63, 3.8) is 0 Å². The SMILES string of the molecule is CCOc1ccc(Cl)cc1C=NNC(=O)C(NC(=O)c1ccc(C)cc1)C(C)C. The van der Waals surface area contributed by atoms with Gasteiger partial charge in [-0.25, -0.2) is 5.43 Å². The number of nitrogens with zero attached hydrogens (tertiary/aromatic N) is 1. The van der Waals surface area contributed by atoms with Crippen LogP contribution in [0.2, 0.25) is 5.02 Å². The van der Waals surface area contributed by atoms with E-state index in [1.165, 1.54) is 6.21 Å². The summed E-state index contributed by atoms with van der Waals surface area (Å²) in [5, 5.41) is 7.31. The van der Waals surface area contributed by atoms with Crippen molar-refractivity contribution in [1.29, 1.82) is 0 Å². The number of hydrogen-bond acceptors (Lipinski definition) is 4. The molecule has 2 N–H and O–H groups in total. The molecule has 1 unspecified atom stereocenters. The van der Waals surface area contributed by atoms with Gasteiger partial charge in [-0.1, -0.05) is 43.1 Å². The predicted molar refractivity (Wildman–Crippen MR) is 116 cm³/mol. The van der Waals surface area contributed by atoms with E-state index < -0.39 is 11.9 Å². The number of halogens is 1. The van der Waals surface area contributed by atoms with Gasteiger partial charge >= 0.3 is 0 Å². The Kier molecular flexibility index (Phi) is 8.21. The van der Waals surface area contributed by atoms with Gasteiger partial charge in [0.15, 0.2) is 0 Å². The number of ether oxygens (including phenoxy) is 1. The number of nitrogens with one attached hydrogen (secondary N) is 2. The molecule has 0 spiro atoms. The molecule has 1 atom stereocenters. The maximum Gasteiger partial charge on any atom is 0.262 e. The van der Waals surface area contributed by atoms with Crippen LogP contribution in [0, 0.1) is 12.8 Å². The van der Waals surface area contributed by atoms with E-state index in [0.717, 1.165) is 5.56 Å². The Bertz CT molecular complexity index is 879. The Morgan fingerprint density at radius 3 is 2.48 bits per heavy atom. The fourth-order valence-corrected chi connectivity index (χ4v) is 2.79. The average Bonchev–Trinajstić information content (AvgIpc) is 2.68. The molecule has 2 aromatic rings. The summed E-state index contributed by atoms with van der Waals surface area (Å²) in [5.74, 6) is -0.222. The van der Waals surface area contributed by atoms with Gasteiger partial charge in [0.05, 0.1) is 12.8 Å². The van der Waals surface area contributed by atoms with E-state index in [2.05, 4.69) is 15.8 Å². The van der Waals surface area contributed by atoms with Gasteiger partial charge in [0.25, 0.3) is 11.8 Å². The van der Waals surface area contributed by atoms with Crippen molar-refractivity contribution in [2.24, 2.45) is 11.0 Å². The van der Waals surface area contributed by atoms with E-state index in [1.54, 1.807) is 30.3 Å². The van der Waals surface area contributed by atoms with E-state index in [1.807, 2.05) is 39.8 Å². The van der Waals surface area contributed by atoms with Crippen LogP contribution in [0.5, 0.6) is 5.75 Å². The standard InChI is InChI=1S/C22H26ClN3O3/c1-5-29-19-11-10-18(23)12-17(19)13-24-26-22(28)20(14(2)3)25-21(27)16-8-6-15(4)7-9-16/h6-14,20H,5H2,1-4H3,(H,25,27)(H,26,28). The molecule has 0 heterocycles. The topological polar surface area (TPSA) is 79.8 Å². The molecule has 7 heteroatoms. The van der Waals surface area contributed by atoms with Crippen LogP contribution in [-0.4, -0.2) is 30.7 Å². The summed E-state index contributed by atoms with van der Waals surface area (Å²) in [6.07, 6.45) is 1.47. The summed E-state index contributed by atoms with van der Waals surface area (Å²) in [6.45, 7) is 8.03. The predicted octanol–water partition coefficient (Wildman–Crippen LogP) is 3.95. The number of hydrogen-bond donors (Lipinski definition) is 2. The lowest BCUT2D eigenvalue weighted by atomic mass is 10.0. The Morgan fingerprint density at radius 1 is 1.17 bits per heavy atom. The second-order valence-corrected chi connectivity index (χ2v) is 7.35. The average molecular weight is 416 g/mol. The first-order valence-electron chi connectivity index (χ1n) is 9.44. The normalized spacial score (nSPS) is 12.1. The number of carbonyl (C=O) groups excluding carboxylic acids is 2. The van der Waals surface area contributed by atoms with Crippen molar-refractivity contribution >= 4 is 29.6 Å². The van der Waals surface area contributed by atoms with Crippen molar-refractivity contribution < 1.29 is 14.3 Å². The highest BCUT2D eigenvalue weighted by atomic mass is 35.5. The van der Waals surface area contributed by atoms with Crippen LogP contribution >= 0.6 is 11.6 Å². The zero-order valence-corrected chi connectivity index (χ0v) is 17.8. The zero-order chi connectivity index (χ0) is 21.4. The molecule has 0 aromatic heterocycles. The minimum atomic E-state index is -0.730. The fourth-order valence-electron chi connectivity index (χ4n) is 2.61. The second-order valence-electron chi connectivity index (χ2n) is 6.91. The maximum absolute atomic E-state index is 12.6. The molecule has 2 amide bonds. The number of benzene rings is 2. The summed E-state index contributed by atoms with van der Waals surface area (Å²) in [4.78, 5) is 25.0. The first-order valence-corrected chi connectivity index (χ1v) is 9.82. The van der Waals surface area contributed by atoms with E-state index in [9.17, 15) is 9.59 Å². The zero-order valence-electron chi connectivity index (χ0n) is 17.0. The van der Waals surface area contributed by atoms with Crippen LogP contribution < -0.4 is 15.5 Å². The third-order valence-corrected chi connectivity index (χ3v) is 4.43. The highest BCUT2D eigenvalue weighted by Crippen LogP contribution is 2.21. The van der Waals surface area contributed by atoms with Crippen LogP contribution in [0.3, 0.4) is 0 Å². The van der Waals surface area contributed by atoms with Gasteiger partial charge in [-0.2, -0.15) is 5.10 Å². The van der Waals surface area contributed by atoms with Crippen LogP contribution in [-0.2, 0) is 4.79 Å². The fraction of sp³-hybridized carbons (Fsp3) is 0.318. The molecule has 0 aliphatic carbocycles. The van der Waals surface area contributed by atoms with Gasteiger partial charge < -0.3 is 10.1 Å². The van der Waals surface area contributed by atoms with Crippen LogP contribution in [0.25, 0.3) is 0 Å². The van der Waals surface area contributed by atoms with E-state index in [-0.39, 0.29) is 11.8 Å². The Balaban J connectivity index is 2.06. The van der Waals surface area contributed by atoms with E-state index in [4.69, 9.17) is 16.3 Å². The highest BCUT2D eigenvalue weighted by molar-refractivity contribution is 6.30. The summed E-state index contributed by atoms with van der Waals surface area (Å²) in [6, 6.07) is 11.6. The van der Waals surface area contributed by atoms with Crippen molar-refractivity contribution in [2.75, 3.05) is 6.61 Å².